The van der Waals surface area contributed by atoms with Gasteiger partial charge in [-0.15, -0.1) is 0 Å². The van der Waals surface area contributed by atoms with Crippen molar-refractivity contribution in [1.29, 1.82) is 0 Å². The Morgan fingerprint density at radius 3 is 2.62 bits per heavy atom. The fourth-order valence-corrected chi connectivity index (χ4v) is 1.49. The van der Waals surface area contributed by atoms with Crippen molar-refractivity contribution in [3.63, 3.8) is 0 Å². The van der Waals surface area contributed by atoms with Gasteiger partial charge in [-0.2, -0.15) is 0 Å². The van der Waals surface area contributed by atoms with Crippen LogP contribution in [-0.2, 0) is 9.59 Å². The van der Waals surface area contributed by atoms with Gasteiger partial charge in [0, 0.05) is 19.0 Å². The van der Waals surface area contributed by atoms with Crippen molar-refractivity contribution < 1.29 is 14.7 Å². The molecule has 1 atom stereocenters. The van der Waals surface area contributed by atoms with Gasteiger partial charge in [-0.3, -0.25) is 4.79 Å². The van der Waals surface area contributed by atoms with Crippen molar-refractivity contribution in [3.05, 3.63) is 0 Å². The van der Waals surface area contributed by atoms with Gasteiger partial charge < -0.3 is 15.7 Å². The van der Waals surface area contributed by atoms with E-state index in [9.17, 15) is 9.59 Å². The van der Waals surface area contributed by atoms with Crippen LogP contribution in [0.3, 0.4) is 0 Å². The summed E-state index contributed by atoms with van der Waals surface area (Å²) in [7, 11) is 0. The first-order valence-electron chi connectivity index (χ1n) is 5.89. The molecule has 0 spiro atoms. The predicted molar refractivity (Wildman–Crippen MR) is 60.1 cm³/mol. The molecule has 16 heavy (non-hydrogen) atoms. The Morgan fingerprint density at radius 1 is 1.44 bits per heavy atom. The Morgan fingerprint density at radius 2 is 2.12 bits per heavy atom. The van der Waals surface area contributed by atoms with Gasteiger partial charge >= 0.3 is 5.97 Å². The highest BCUT2D eigenvalue weighted by atomic mass is 16.4. The number of hydrogen-bond donors (Lipinski definition) is 3. The molecule has 0 radical (unpaired) electrons. The number of amides is 1. The summed E-state index contributed by atoms with van der Waals surface area (Å²) in [4.78, 5) is 22.2. The quantitative estimate of drug-likeness (QED) is 0.565. The first kappa shape index (κ1) is 13.0. The Kier molecular flexibility index (Phi) is 5.25. The van der Waals surface area contributed by atoms with Gasteiger partial charge in [0.2, 0.25) is 5.91 Å². The van der Waals surface area contributed by atoms with E-state index in [2.05, 4.69) is 10.6 Å². The van der Waals surface area contributed by atoms with E-state index < -0.39 is 12.0 Å². The van der Waals surface area contributed by atoms with Crippen LogP contribution in [0.1, 0.15) is 39.0 Å². The van der Waals surface area contributed by atoms with E-state index in [1.54, 1.807) is 0 Å². The summed E-state index contributed by atoms with van der Waals surface area (Å²) < 4.78 is 0. The molecule has 1 rings (SSSR count). The van der Waals surface area contributed by atoms with Gasteiger partial charge in [0.05, 0.1) is 0 Å². The fraction of sp³-hybridized carbons (Fsp3) is 0.818. The normalized spacial score (nSPS) is 16.8. The van der Waals surface area contributed by atoms with Crippen LogP contribution in [-0.4, -0.2) is 35.6 Å². The summed E-state index contributed by atoms with van der Waals surface area (Å²) in [6.45, 7) is 2.53. The Hall–Kier alpha value is -1.10. The van der Waals surface area contributed by atoms with E-state index >= 15 is 0 Å². The first-order valence-corrected chi connectivity index (χ1v) is 5.89. The lowest BCUT2D eigenvalue weighted by atomic mass is 10.1. The van der Waals surface area contributed by atoms with E-state index in [-0.39, 0.29) is 5.91 Å². The predicted octanol–water partition coefficient (Wildman–Crippen LogP) is 0.498. The van der Waals surface area contributed by atoms with Gasteiger partial charge in [-0.1, -0.05) is 13.3 Å². The summed E-state index contributed by atoms with van der Waals surface area (Å²) in [5.41, 5.74) is 0. The zero-order chi connectivity index (χ0) is 12.0. The molecule has 0 heterocycles. The molecule has 5 heteroatoms. The van der Waals surface area contributed by atoms with E-state index in [0.717, 1.165) is 6.42 Å². The smallest absolute Gasteiger partial charge is 0.326 e. The number of aliphatic carboxylic acids is 1. The molecular formula is C11H20N2O3. The van der Waals surface area contributed by atoms with Crippen LogP contribution in [0.25, 0.3) is 0 Å². The molecular weight excluding hydrogens is 208 g/mol. The summed E-state index contributed by atoms with van der Waals surface area (Å²) in [6, 6.07) is -0.155. The minimum absolute atomic E-state index is 0.186. The van der Waals surface area contributed by atoms with Gasteiger partial charge in [0.25, 0.3) is 0 Å². The summed E-state index contributed by atoms with van der Waals surface area (Å²) in [5.74, 6) is -1.14. The van der Waals surface area contributed by atoms with Gasteiger partial charge in [-0.25, -0.2) is 4.79 Å². The average Bonchev–Trinajstić information content (AvgIpc) is 3.01. The standard InChI is InChI=1S/C11H20N2O3/c1-2-3-9(11(15)16)13-10(14)6-7-12-8-4-5-8/h8-9,12H,2-7H2,1H3,(H,13,14)(H,15,16). The highest BCUT2D eigenvalue weighted by Crippen LogP contribution is 2.18. The lowest BCUT2D eigenvalue weighted by molar-refractivity contribution is -0.142. The molecule has 1 amide bonds. The molecule has 0 aromatic heterocycles. The number of nitrogens with one attached hydrogen (secondary N) is 2. The Labute approximate surface area is 95.6 Å². The molecule has 0 aliphatic heterocycles. The SMILES string of the molecule is CCCC(NC(=O)CCNC1CC1)C(=O)O. The highest BCUT2D eigenvalue weighted by molar-refractivity contribution is 5.83. The van der Waals surface area contributed by atoms with Crippen LogP contribution in [0.15, 0.2) is 0 Å². The van der Waals surface area contributed by atoms with Crippen molar-refractivity contribution in [2.24, 2.45) is 0 Å². The largest absolute Gasteiger partial charge is 0.480 e. The molecule has 0 aromatic rings. The van der Waals surface area contributed by atoms with Crippen molar-refractivity contribution >= 4 is 11.9 Å². The van der Waals surface area contributed by atoms with Crippen LogP contribution in [0, 0.1) is 0 Å². The number of carbonyl (C=O) groups excluding carboxylic acids is 1. The molecule has 1 aliphatic rings. The number of rotatable bonds is 8. The van der Waals surface area contributed by atoms with Crippen molar-refractivity contribution in [2.45, 2.75) is 51.1 Å². The fourth-order valence-electron chi connectivity index (χ4n) is 1.49. The minimum Gasteiger partial charge on any atom is -0.480 e. The third-order valence-electron chi connectivity index (χ3n) is 2.57. The molecule has 1 aliphatic carbocycles. The topological polar surface area (TPSA) is 78.4 Å². The number of carboxylic acid groups (broad SMARTS) is 1. The number of carboxylic acids is 1. The molecule has 0 bridgehead atoms. The van der Waals surface area contributed by atoms with Crippen LogP contribution < -0.4 is 10.6 Å². The number of hydrogen-bond acceptors (Lipinski definition) is 3. The summed E-state index contributed by atoms with van der Waals surface area (Å²) in [6.07, 6.45) is 3.96. The molecule has 1 fully saturated rings. The van der Waals surface area contributed by atoms with Crippen LogP contribution >= 0.6 is 0 Å². The maximum Gasteiger partial charge on any atom is 0.326 e. The van der Waals surface area contributed by atoms with E-state index in [4.69, 9.17) is 5.11 Å². The van der Waals surface area contributed by atoms with Crippen molar-refractivity contribution in [2.75, 3.05) is 6.54 Å². The molecule has 5 nitrogen and oxygen atoms in total. The maximum absolute atomic E-state index is 11.4. The highest BCUT2D eigenvalue weighted by Gasteiger charge is 2.21. The Balaban J connectivity index is 2.15. The van der Waals surface area contributed by atoms with Crippen molar-refractivity contribution in [1.82, 2.24) is 10.6 Å². The van der Waals surface area contributed by atoms with Crippen LogP contribution in [0.2, 0.25) is 0 Å². The zero-order valence-electron chi connectivity index (χ0n) is 9.66. The second kappa shape index (κ2) is 6.48. The first-order chi connectivity index (χ1) is 7.63. The van der Waals surface area contributed by atoms with Crippen LogP contribution in [0.5, 0.6) is 0 Å². The average molecular weight is 228 g/mol. The molecule has 3 N–H and O–H groups in total. The molecule has 1 unspecified atom stereocenters. The number of carbonyl (C=O) groups is 2. The molecule has 92 valence electrons. The molecule has 1 saturated carbocycles. The van der Waals surface area contributed by atoms with Crippen molar-refractivity contribution in [3.8, 4) is 0 Å². The van der Waals surface area contributed by atoms with E-state index in [0.29, 0.717) is 25.4 Å². The molecule has 0 saturated heterocycles. The van der Waals surface area contributed by atoms with Gasteiger partial charge in [0.1, 0.15) is 6.04 Å². The van der Waals surface area contributed by atoms with E-state index in [1.165, 1.54) is 12.8 Å². The zero-order valence-corrected chi connectivity index (χ0v) is 9.66. The third-order valence-corrected chi connectivity index (χ3v) is 2.57. The van der Waals surface area contributed by atoms with Gasteiger partial charge in [-0.05, 0) is 19.3 Å². The van der Waals surface area contributed by atoms with E-state index in [1.807, 2.05) is 6.92 Å². The second-order valence-electron chi connectivity index (χ2n) is 4.23. The van der Waals surface area contributed by atoms with Gasteiger partial charge in [0.15, 0.2) is 0 Å². The Bertz CT molecular complexity index is 252. The monoisotopic (exact) mass is 228 g/mol. The third kappa shape index (κ3) is 5.11. The summed E-state index contributed by atoms with van der Waals surface area (Å²) >= 11 is 0. The maximum atomic E-state index is 11.4. The lowest BCUT2D eigenvalue weighted by Crippen LogP contribution is -2.41. The minimum atomic E-state index is -0.953. The lowest BCUT2D eigenvalue weighted by Gasteiger charge is -2.13. The van der Waals surface area contributed by atoms with Crippen LogP contribution in [0.4, 0.5) is 0 Å². The molecule has 0 aromatic carbocycles. The second-order valence-corrected chi connectivity index (χ2v) is 4.23. The summed E-state index contributed by atoms with van der Waals surface area (Å²) in [5, 5.41) is 14.6.